The van der Waals surface area contributed by atoms with E-state index in [1.807, 2.05) is 28.8 Å². The minimum absolute atomic E-state index is 0.196. The number of nitrogens with one attached hydrogen (secondary N) is 2. The molecule has 3 rings (SSSR count). The topological polar surface area (TPSA) is 76.0 Å². The van der Waals surface area contributed by atoms with Crippen molar-refractivity contribution in [3.05, 3.63) is 47.0 Å². The van der Waals surface area contributed by atoms with E-state index < -0.39 is 0 Å². The standard InChI is InChI=1S/C21H28N4O2/c1-3-5-13-22-21(27)19-24-18(17-8-6-7-14-25(17)19)20(26)23-16-11-9-15(4-2)10-12-16/h9-12H,3-8,13-14H2,1-2H3,(H,22,27)(H,23,26). The highest BCUT2D eigenvalue weighted by Gasteiger charge is 2.27. The number of hydrogen-bond donors (Lipinski definition) is 2. The Hall–Kier alpha value is -2.63. The Balaban J connectivity index is 1.81. The van der Waals surface area contributed by atoms with E-state index in [1.165, 1.54) is 5.56 Å². The van der Waals surface area contributed by atoms with Crippen molar-refractivity contribution in [3.8, 4) is 0 Å². The average molecular weight is 368 g/mol. The molecule has 2 aromatic rings. The number of carbonyl (C=O) groups is 2. The van der Waals surface area contributed by atoms with Gasteiger partial charge in [-0.05, 0) is 49.8 Å². The quantitative estimate of drug-likeness (QED) is 0.734. The van der Waals surface area contributed by atoms with Crippen LogP contribution in [0, 0.1) is 0 Å². The number of aryl methyl sites for hydroxylation is 1. The molecule has 0 saturated carbocycles. The molecule has 0 aliphatic carbocycles. The first-order chi connectivity index (χ1) is 13.1. The monoisotopic (exact) mass is 368 g/mol. The van der Waals surface area contributed by atoms with Gasteiger partial charge >= 0.3 is 0 Å². The summed E-state index contributed by atoms with van der Waals surface area (Å²) in [6, 6.07) is 7.81. The van der Waals surface area contributed by atoms with Gasteiger partial charge in [-0.3, -0.25) is 9.59 Å². The second kappa shape index (κ2) is 8.84. The van der Waals surface area contributed by atoms with Crippen LogP contribution >= 0.6 is 0 Å². The van der Waals surface area contributed by atoms with Crippen molar-refractivity contribution in [1.82, 2.24) is 14.9 Å². The van der Waals surface area contributed by atoms with Crippen molar-refractivity contribution >= 4 is 17.5 Å². The van der Waals surface area contributed by atoms with Gasteiger partial charge < -0.3 is 15.2 Å². The van der Waals surface area contributed by atoms with Crippen LogP contribution in [-0.2, 0) is 19.4 Å². The van der Waals surface area contributed by atoms with E-state index >= 15 is 0 Å². The predicted octanol–water partition coefficient (Wildman–Crippen LogP) is 3.56. The number of anilines is 1. The molecule has 1 aromatic carbocycles. The highest BCUT2D eigenvalue weighted by Crippen LogP contribution is 2.22. The Morgan fingerprint density at radius 1 is 1.11 bits per heavy atom. The van der Waals surface area contributed by atoms with Gasteiger partial charge in [0, 0.05) is 18.8 Å². The minimum atomic E-state index is -0.252. The fraction of sp³-hybridized carbons (Fsp3) is 0.476. The largest absolute Gasteiger partial charge is 0.349 e. The number of benzene rings is 1. The van der Waals surface area contributed by atoms with Gasteiger partial charge in [-0.15, -0.1) is 0 Å². The molecule has 144 valence electrons. The molecular formula is C21H28N4O2. The Bertz CT molecular complexity index is 808. The summed E-state index contributed by atoms with van der Waals surface area (Å²) in [5.41, 5.74) is 3.20. The Morgan fingerprint density at radius 3 is 2.59 bits per heavy atom. The molecule has 0 saturated heterocycles. The van der Waals surface area contributed by atoms with Crippen LogP contribution in [0.2, 0.25) is 0 Å². The lowest BCUT2D eigenvalue weighted by Gasteiger charge is -2.17. The Labute approximate surface area is 160 Å². The van der Waals surface area contributed by atoms with E-state index in [-0.39, 0.29) is 11.8 Å². The van der Waals surface area contributed by atoms with Crippen LogP contribution in [0.4, 0.5) is 5.69 Å². The van der Waals surface area contributed by atoms with Gasteiger partial charge in [0.05, 0.1) is 5.69 Å². The zero-order chi connectivity index (χ0) is 19.2. The summed E-state index contributed by atoms with van der Waals surface area (Å²) in [5, 5.41) is 5.83. The molecule has 1 aliphatic rings. The van der Waals surface area contributed by atoms with E-state index in [4.69, 9.17) is 0 Å². The van der Waals surface area contributed by atoms with Crippen molar-refractivity contribution in [2.45, 2.75) is 58.9 Å². The minimum Gasteiger partial charge on any atom is -0.349 e. The number of carbonyl (C=O) groups excluding carboxylic acids is 2. The zero-order valence-corrected chi connectivity index (χ0v) is 16.2. The predicted molar refractivity (Wildman–Crippen MR) is 106 cm³/mol. The number of nitrogens with zero attached hydrogens (tertiary/aromatic N) is 2. The maximum Gasteiger partial charge on any atom is 0.287 e. The Kier molecular flexibility index (Phi) is 6.27. The highest BCUT2D eigenvalue weighted by molar-refractivity contribution is 6.05. The van der Waals surface area contributed by atoms with Crippen molar-refractivity contribution in [3.63, 3.8) is 0 Å². The van der Waals surface area contributed by atoms with E-state index in [0.717, 1.165) is 56.5 Å². The maximum absolute atomic E-state index is 12.8. The van der Waals surface area contributed by atoms with Crippen molar-refractivity contribution in [1.29, 1.82) is 0 Å². The summed E-state index contributed by atoms with van der Waals surface area (Å²) < 4.78 is 1.92. The molecule has 2 N–H and O–H groups in total. The third kappa shape index (κ3) is 4.38. The third-order valence-corrected chi connectivity index (χ3v) is 4.97. The van der Waals surface area contributed by atoms with Gasteiger partial charge in [-0.2, -0.15) is 0 Å². The van der Waals surface area contributed by atoms with Gasteiger partial charge in [0.2, 0.25) is 0 Å². The summed E-state index contributed by atoms with van der Waals surface area (Å²) in [4.78, 5) is 29.8. The number of rotatable bonds is 7. The normalized spacial score (nSPS) is 13.1. The molecule has 1 aromatic heterocycles. The summed E-state index contributed by atoms with van der Waals surface area (Å²) in [6.45, 7) is 5.54. The molecule has 0 radical (unpaired) electrons. The molecule has 2 amide bonds. The van der Waals surface area contributed by atoms with Crippen LogP contribution in [0.3, 0.4) is 0 Å². The van der Waals surface area contributed by atoms with Gasteiger partial charge in [-0.1, -0.05) is 32.4 Å². The van der Waals surface area contributed by atoms with E-state index in [2.05, 4.69) is 29.5 Å². The number of aromatic nitrogens is 2. The van der Waals surface area contributed by atoms with Crippen molar-refractivity contribution in [2.24, 2.45) is 0 Å². The van der Waals surface area contributed by atoms with Crippen LogP contribution in [0.15, 0.2) is 24.3 Å². The molecule has 0 spiro atoms. The van der Waals surface area contributed by atoms with Gasteiger partial charge in [-0.25, -0.2) is 4.98 Å². The summed E-state index contributed by atoms with van der Waals surface area (Å²) in [5.74, 6) is -0.0947. The lowest BCUT2D eigenvalue weighted by molar-refractivity contribution is 0.0937. The first kappa shape index (κ1) is 19.1. The molecule has 0 fully saturated rings. The lowest BCUT2D eigenvalue weighted by Crippen LogP contribution is -2.28. The molecule has 2 heterocycles. The first-order valence-electron chi connectivity index (χ1n) is 9.92. The molecule has 0 unspecified atom stereocenters. The first-order valence-corrected chi connectivity index (χ1v) is 9.92. The highest BCUT2D eigenvalue weighted by atomic mass is 16.2. The Morgan fingerprint density at radius 2 is 1.89 bits per heavy atom. The molecule has 0 atom stereocenters. The lowest BCUT2D eigenvalue weighted by atomic mass is 10.1. The molecule has 1 aliphatic heterocycles. The second-order valence-electron chi connectivity index (χ2n) is 6.95. The molecule has 6 heteroatoms. The maximum atomic E-state index is 12.8. The van der Waals surface area contributed by atoms with Crippen LogP contribution in [0.1, 0.15) is 71.9 Å². The van der Waals surface area contributed by atoms with Crippen LogP contribution in [0.5, 0.6) is 0 Å². The third-order valence-electron chi connectivity index (χ3n) is 4.97. The number of imidazole rings is 1. The number of hydrogen-bond acceptors (Lipinski definition) is 3. The number of unbranched alkanes of at least 4 members (excludes halogenated alkanes) is 1. The second-order valence-corrected chi connectivity index (χ2v) is 6.95. The molecule has 6 nitrogen and oxygen atoms in total. The van der Waals surface area contributed by atoms with Crippen molar-refractivity contribution < 1.29 is 9.59 Å². The number of fused-ring (bicyclic) bond motifs is 1. The van der Waals surface area contributed by atoms with E-state index in [1.54, 1.807) is 0 Å². The van der Waals surface area contributed by atoms with Crippen molar-refractivity contribution in [2.75, 3.05) is 11.9 Å². The summed E-state index contributed by atoms with van der Waals surface area (Å²) in [6.07, 6.45) is 5.68. The SMILES string of the molecule is CCCCNC(=O)c1nc(C(=O)Nc2ccc(CC)cc2)c2n1CCCC2. The van der Waals surface area contributed by atoms with Crippen LogP contribution < -0.4 is 10.6 Å². The van der Waals surface area contributed by atoms with Gasteiger partial charge in [0.25, 0.3) is 11.8 Å². The average Bonchev–Trinajstić information content (AvgIpc) is 3.09. The fourth-order valence-electron chi connectivity index (χ4n) is 3.37. The van der Waals surface area contributed by atoms with Crippen LogP contribution in [0.25, 0.3) is 0 Å². The van der Waals surface area contributed by atoms with E-state index in [9.17, 15) is 9.59 Å². The zero-order valence-electron chi connectivity index (χ0n) is 16.2. The van der Waals surface area contributed by atoms with Gasteiger partial charge in [0.1, 0.15) is 0 Å². The molecule has 27 heavy (non-hydrogen) atoms. The smallest absolute Gasteiger partial charge is 0.287 e. The summed E-state index contributed by atoms with van der Waals surface area (Å²) >= 11 is 0. The van der Waals surface area contributed by atoms with Crippen LogP contribution in [-0.4, -0.2) is 27.9 Å². The molecular weight excluding hydrogens is 340 g/mol. The number of amides is 2. The van der Waals surface area contributed by atoms with Gasteiger partial charge in [0.15, 0.2) is 11.5 Å². The fourth-order valence-corrected chi connectivity index (χ4v) is 3.37. The molecule has 0 bridgehead atoms. The summed E-state index contributed by atoms with van der Waals surface area (Å²) in [7, 11) is 0. The van der Waals surface area contributed by atoms with E-state index in [0.29, 0.717) is 18.1 Å².